The van der Waals surface area contributed by atoms with Gasteiger partial charge in [-0.15, -0.1) is 0 Å². The molecule has 1 N–H and O–H groups in total. The lowest BCUT2D eigenvalue weighted by Crippen LogP contribution is -2.66. The molecule has 5 aliphatic carbocycles. The van der Waals surface area contributed by atoms with E-state index in [-0.39, 0.29) is 45.0 Å². The summed E-state index contributed by atoms with van der Waals surface area (Å²) in [5.74, 6) is 0.239. The second kappa shape index (κ2) is 11.2. The minimum Gasteiger partial charge on any atom is -0.481 e. The van der Waals surface area contributed by atoms with E-state index in [4.69, 9.17) is 4.74 Å². The maximum absolute atomic E-state index is 14.6. The second-order valence-corrected chi connectivity index (χ2v) is 18.1. The standard InChI is InChI=1S/C40H62O4/c1-26(2)12-11-13-27(3)16-23-44-32-15-17-38(8)31(35(32,4)5)14-18-40(10)33(38)30(41)24-28-29-25-37(7,34(42)43)20-19-36(29,6)21-22-39(28,40)9/h12,16,24,29,31-33H,11,13-15,17-23,25H2,1-10H3,(H,42,43)/b27-16-/t29-,31-,32-,33+,36+,37-,38-,39+,40+/m0/s1. The zero-order valence-electron chi connectivity index (χ0n) is 29.7. The normalized spacial score (nSPS) is 44.8. The van der Waals surface area contributed by atoms with Crippen LogP contribution in [0.15, 0.2) is 34.9 Å². The molecule has 9 atom stereocenters. The van der Waals surface area contributed by atoms with Crippen LogP contribution in [-0.4, -0.2) is 29.6 Å². The summed E-state index contributed by atoms with van der Waals surface area (Å²) in [7, 11) is 0. The Morgan fingerprint density at radius 3 is 2.27 bits per heavy atom. The van der Waals surface area contributed by atoms with Gasteiger partial charge in [0.05, 0.1) is 18.1 Å². The molecule has 0 aromatic rings. The fraction of sp³-hybridized carbons (Fsp3) is 0.800. The van der Waals surface area contributed by atoms with Gasteiger partial charge < -0.3 is 9.84 Å². The van der Waals surface area contributed by atoms with Crippen molar-refractivity contribution >= 4 is 11.8 Å². The van der Waals surface area contributed by atoms with Gasteiger partial charge in [-0.3, -0.25) is 9.59 Å². The number of hydrogen-bond donors (Lipinski definition) is 1. The molecule has 5 aliphatic rings. The molecule has 0 aromatic carbocycles. The van der Waals surface area contributed by atoms with E-state index in [0.717, 1.165) is 64.2 Å². The smallest absolute Gasteiger partial charge is 0.309 e. The molecule has 44 heavy (non-hydrogen) atoms. The zero-order valence-corrected chi connectivity index (χ0v) is 29.7. The Morgan fingerprint density at radius 2 is 1.61 bits per heavy atom. The molecule has 4 heteroatoms. The number of hydrogen-bond acceptors (Lipinski definition) is 3. The highest BCUT2D eigenvalue weighted by atomic mass is 16.5. The Morgan fingerprint density at radius 1 is 0.932 bits per heavy atom. The van der Waals surface area contributed by atoms with Crippen LogP contribution < -0.4 is 0 Å². The van der Waals surface area contributed by atoms with Gasteiger partial charge in [-0.2, -0.15) is 0 Å². The summed E-state index contributed by atoms with van der Waals surface area (Å²) in [5, 5.41) is 10.2. The van der Waals surface area contributed by atoms with Gasteiger partial charge in [0, 0.05) is 5.92 Å². The fourth-order valence-electron chi connectivity index (χ4n) is 11.6. The zero-order chi connectivity index (χ0) is 32.5. The van der Waals surface area contributed by atoms with Gasteiger partial charge in [0.25, 0.3) is 0 Å². The van der Waals surface area contributed by atoms with E-state index in [2.05, 4.69) is 80.5 Å². The SMILES string of the molecule is CC(C)=CCC/C(C)=C\CO[C@H]1CC[C@]2(C)[C@H]3C(=O)C=C4[C@@H]5C[C@@](C)(C(=O)O)CC[C@]5(C)CC[C@@]4(C)[C@]3(C)CC[C@H]2C1(C)C. The van der Waals surface area contributed by atoms with Gasteiger partial charge in [-0.25, -0.2) is 0 Å². The molecule has 0 saturated heterocycles. The lowest BCUT2D eigenvalue weighted by atomic mass is 9.33. The lowest BCUT2D eigenvalue weighted by Gasteiger charge is -2.70. The van der Waals surface area contributed by atoms with Crippen LogP contribution in [-0.2, 0) is 14.3 Å². The maximum atomic E-state index is 14.6. The van der Waals surface area contributed by atoms with Crippen LogP contribution in [0, 0.1) is 50.2 Å². The van der Waals surface area contributed by atoms with E-state index in [1.807, 2.05) is 6.92 Å². The van der Waals surface area contributed by atoms with Crippen LogP contribution in [0.3, 0.4) is 0 Å². The van der Waals surface area contributed by atoms with Gasteiger partial charge >= 0.3 is 5.97 Å². The van der Waals surface area contributed by atoms with E-state index in [1.165, 1.54) is 16.7 Å². The quantitative estimate of drug-likeness (QED) is 0.293. The van der Waals surface area contributed by atoms with Crippen LogP contribution in [0.25, 0.3) is 0 Å². The molecule has 0 spiro atoms. The van der Waals surface area contributed by atoms with Crippen LogP contribution in [0.5, 0.6) is 0 Å². The van der Waals surface area contributed by atoms with Crippen molar-refractivity contribution in [2.75, 3.05) is 6.61 Å². The molecule has 0 heterocycles. The van der Waals surface area contributed by atoms with Crippen LogP contribution in [0.2, 0.25) is 0 Å². The van der Waals surface area contributed by atoms with Gasteiger partial charge in [-0.1, -0.05) is 70.4 Å². The number of aliphatic carboxylic acids is 1. The summed E-state index contributed by atoms with van der Waals surface area (Å²) in [6.07, 6.45) is 17.8. The first-order valence-corrected chi connectivity index (χ1v) is 17.7. The number of carboxylic acids is 1. The third kappa shape index (κ3) is 5.12. The molecule has 246 valence electrons. The highest BCUT2D eigenvalue weighted by molar-refractivity contribution is 5.95. The highest BCUT2D eigenvalue weighted by Gasteiger charge is 2.70. The summed E-state index contributed by atoms with van der Waals surface area (Å²) < 4.78 is 6.66. The maximum Gasteiger partial charge on any atom is 0.309 e. The van der Waals surface area contributed by atoms with Crippen molar-refractivity contribution in [2.24, 2.45) is 50.2 Å². The molecule has 4 saturated carbocycles. The number of ketones is 1. The van der Waals surface area contributed by atoms with E-state index in [1.54, 1.807) is 0 Å². The van der Waals surface area contributed by atoms with Crippen molar-refractivity contribution in [1.82, 2.24) is 0 Å². The molecule has 0 amide bonds. The Balaban J connectivity index is 1.40. The van der Waals surface area contributed by atoms with Crippen molar-refractivity contribution in [3.05, 3.63) is 34.9 Å². The highest BCUT2D eigenvalue weighted by Crippen LogP contribution is 2.75. The second-order valence-electron chi connectivity index (χ2n) is 18.1. The predicted molar refractivity (Wildman–Crippen MR) is 179 cm³/mol. The molecule has 0 aromatic heterocycles. The van der Waals surface area contributed by atoms with Gasteiger partial charge in [0.15, 0.2) is 5.78 Å². The number of fused-ring (bicyclic) bond motifs is 7. The molecule has 5 rings (SSSR count). The monoisotopic (exact) mass is 606 g/mol. The molecule has 0 unspecified atom stereocenters. The molecule has 0 bridgehead atoms. The first kappa shape index (κ1) is 33.7. The minimum absolute atomic E-state index is 0.00116. The van der Waals surface area contributed by atoms with Crippen molar-refractivity contribution in [1.29, 1.82) is 0 Å². The number of ether oxygens (including phenoxy) is 1. The summed E-state index contributed by atoms with van der Waals surface area (Å²) >= 11 is 0. The molecule has 0 aliphatic heterocycles. The molecule has 4 fully saturated rings. The van der Waals surface area contributed by atoms with Crippen molar-refractivity contribution in [3.8, 4) is 0 Å². The Kier molecular flexibility index (Phi) is 8.60. The average Bonchev–Trinajstić information content (AvgIpc) is 2.91. The molecule has 4 nitrogen and oxygen atoms in total. The molecular formula is C40H62O4. The predicted octanol–water partition coefficient (Wildman–Crippen LogP) is 10.1. The van der Waals surface area contributed by atoms with Crippen molar-refractivity contribution in [3.63, 3.8) is 0 Å². The van der Waals surface area contributed by atoms with E-state index in [9.17, 15) is 14.7 Å². The summed E-state index contributed by atoms with van der Waals surface area (Å²) in [6, 6.07) is 0. The molecule has 0 radical (unpaired) electrons. The minimum atomic E-state index is -0.713. The van der Waals surface area contributed by atoms with Crippen molar-refractivity contribution in [2.45, 2.75) is 146 Å². The summed E-state index contributed by atoms with van der Waals surface area (Å²) in [4.78, 5) is 27.0. The third-order valence-corrected chi connectivity index (χ3v) is 14.9. The van der Waals surface area contributed by atoms with E-state index in [0.29, 0.717) is 24.7 Å². The Labute approximate surface area is 268 Å². The van der Waals surface area contributed by atoms with Crippen molar-refractivity contribution < 1.29 is 19.4 Å². The fourth-order valence-corrected chi connectivity index (χ4v) is 11.6. The van der Waals surface area contributed by atoms with E-state index >= 15 is 0 Å². The average molecular weight is 607 g/mol. The summed E-state index contributed by atoms with van der Waals surface area (Å²) in [6.45, 7) is 23.7. The van der Waals surface area contributed by atoms with Gasteiger partial charge in [-0.05, 0) is 143 Å². The summed E-state index contributed by atoms with van der Waals surface area (Å²) in [5.41, 5.74) is 3.15. The molecular weight excluding hydrogens is 544 g/mol. The number of allylic oxidation sites excluding steroid dienone is 5. The topological polar surface area (TPSA) is 63.6 Å². The number of rotatable bonds is 7. The van der Waals surface area contributed by atoms with Gasteiger partial charge in [0.1, 0.15) is 0 Å². The van der Waals surface area contributed by atoms with Crippen LogP contribution in [0.1, 0.15) is 140 Å². The van der Waals surface area contributed by atoms with Crippen LogP contribution in [0.4, 0.5) is 0 Å². The number of carboxylic acid groups (broad SMARTS) is 1. The number of carbonyl (C=O) groups excluding carboxylic acids is 1. The first-order valence-electron chi connectivity index (χ1n) is 17.7. The Hall–Kier alpha value is -1.68. The van der Waals surface area contributed by atoms with E-state index < -0.39 is 11.4 Å². The number of carbonyl (C=O) groups is 2. The third-order valence-electron chi connectivity index (χ3n) is 14.9. The Bertz CT molecular complexity index is 1270. The first-order chi connectivity index (χ1) is 20.3. The largest absolute Gasteiger partial charge is 0.481 e. The van der Waals surface area contributed by atoms with Gasteiger partial charge in [0.2, 0.25) is 0 Å². The lowest BCUT2D eigenvalue weighted by molar-refractivity contribution is -0.208. The van der Waals surface area contributed by atoms with Crippen LogP contribution >= 0.6 is 0 Å².